The molecule has 2 atom stereocenters. The molecule has 0 saturated carbocycles. The first-order valence-corrected chi connectivity index (χ1v) is 7.43. The summed E-state index contributed by atoms with van der Waals surface area (Å²) >= 11 is 0. The Hall–Kier alpha value is -0.120. The highest BCUT2D eigenvalue weighted by molar-refractivity contribution is 4.76. The SMILES string of the molecule is CCNCC1CCCN(CCC2CCCO2)C1. The number of piperidine rings is 1. The van der Waals surface area contributed by atoms with Gasteiger partial charge in [-0.25, -0.2) is 0 Å². The lowest BCUT2D eigenvalue weighted by Gasteiger charge is -2.33. The van der Waals surface area contributed by atoms with Crippen LogP contribution in [0.3, 0.4) is 0 Å². The number of hydrogen-bond donors (Lipinski definition) is 1. The van der Waals surface area contributed by atoms with E-state index in [9.17, 15) is 0 Å². The van der Waals surface area contributed by atoms with Gasteiger partial charge < -0.3 is 15.0 Å². The molecular formula is C14H28N2O. The molecule has 3 nitrogen and oxygen atoms in total. The van der Waals surface area contributed by atoms with Crippen molar-refractivity contribution < 1.29 is 4.74 Å². The second-order valence-electron chi connectivity index (χ2n) is 5.54. The van der Waals surface area contributed by atoms with Crippen molar-refractivity contribution in [3.63, 3.8) is 0 Å². The van der Waals surface area contributed by atoms with E-state index in [0.717, 1.165) is 19.1 Å². The Morgan fingerprint density at radius 3 is 3.00 bits per heavy atom. The van der Waals surface area contributed by atoms with Gasteiger partial charge >= 0.3 is 0 Å². The molecular weight excluding hydrogens is 212 g/mol. The number of likely N-dealkylation sites (tertiary alicyclic amines) is 1. The quantitative estimate of drug-likeness (QED) is 0.767. The molecule has 2 fully saturated rings. The zero-order valence-corrected chi connectivity index (χ0v) is 11.3. The molecule has 0 amide bonds. The zero-order chi connectivity index (χ0) is 11.9. The Morgan fingerprint density at radius 1 is 1.29 bits per heavy atom. The van der Waals surface area contributed by atoms with Crippen LogP contribution in [0.1, 0.15) is 39.0 Å². The van der Waals surface area contributed by atoms with E-state index in [4.69, 9.17) is 4.74 Å². The molecule has 0 aromatic rings. The van der Waals surface area contributed by atoms with Crippen molar-refractivity contribution in [3.8, 4) is 0 Å². The van der Waals surface area contributed by atoms with Gasteiger partial charge in [0.05, 0.1) is 6.10 Å². The number of nitrogens with zero attached hydrogens (tertiary/aromatic N) is 1. The maximum absolute atomic E-state index is 5.70. The summed E-state index contributed by atoms with van der Waals surface area (Å²) in [5, 5.41) is 3.48. The minimum absolute atomic E-state index is 0.559. The fourth-order valence-corrected chi connectivity index (χ4v) is 3.07. The van der Waals surface area contributed by atoms with Crippen LogP contribution in [-0.2, 0) is 4.74 Å². The summed E-state index contributed by atoms with van der Waals surface area (Å²) in [6.45, 7) is 9.33. The summed E-state index contributed by atoms with van der Waals surface area (Å²) in [6.07, 6.45) is 7.14. The lowest BCUT2D eigenvalue weighted by atomic mass is 9.97. The molecule has 2 saturated heterocycles. The molecule has 3 heteroatoms. The van der Waals surface area contributed by atoms with Crippen molar-refractivity contribution in [2.75, 3.05) is 39.3 Å². The van der Waals surface area contributed by atoms with Crippen LogP contribution in [0, 0.1) is 5.92 Å². The van der Waals surface area contributed by atoms with E-state index in [0.29, 0.717) is 6.10 Å². The Bertz CT molecular complexity index is 204. The van der Waals surface area contributed by atoms with Gasteiger partial charge in [-0.15, -0.1) is 0 Å². The van der Waals surface area contributed by atoms with Crippen molar-refractivity contribution in [2.45, 2.75) is 45.1 Å². The van der Waals surface area contributed by atoms with Crippen LogP contribution in [0.25, 0.3) is 0 Å². The van der Waals surface area contributed by atoms with Crippen molar-refractivity contribution in [2.24, 2.45) is 5.92 Å². The van der Waals surface area contributed by atoms with E-state index in [1.807, 2.05) is 0 Å². The maximum Gasteiger partial charge on any atom is 0.0588 e. The van der Waals surface area contributed by atoms with Crippen molar-refractivity contribution in [3.05, 3.63) is 0 Å². The van der Waals surface area contributed by atoms with E-state index < -0.39 is 0 Å². The first kappa shape index (κ1) is 13.3. The summed E-state index contributed by atoms with van der Waals surface area (Å²) < 4.78 is 5.70. The third-order valence-electron chi connectivity index (χ3n) is 4.08. The number of hydrogen-bond acceptors (Lipinski definition) is 3. The van der Waals surface area contributed by atoms with Gasteiger partial charge in [0.2, 0.25) is 0 Å². The van der Waals surface area contributed by atoms with Crippen molar-refractivity contribution in [1.29, 1.82) is 0 Å². The van der Waals surface area contributed by atoms with Crippen molar-refractivity contribution in [1.82, 2.24) is 10.2 Å². The van der Waals surface area contributed by atoms with Crippen molar-refractivity contribution >= 4 is 0 Å². The molecule has 1 N–H and O–H groups in total. The average Bonchev–Trinajstić information content (AvgIpc) is 2.87. The van der Waals surface area contributed by atoms with Crippen LogP contribution >= 0.6 is 0 Å². The van der Waals surface area contributed by atoms with Gasteiger partial charge in [-0.05, 0) is 57.7 Å². The third-order valence-corrected chi connectivity index (χ3v) is 4.08. The third kappa shape index (κ3) is 4.57. The largest absolute Gasteiger partial charge is 0.378 e. The second kappa shape index (κ2) is 7.34. The van der Waals surface area contributed by atoms with Crippen LogP contribution in [0.2, 0.25) is 0 Å². The molecule has 0 radical (unpaired) electrons. The van der Waals surface area contributed by atoms with Crippen LogP contribution in [0.4, 0.5) is 0 Å². The highest BCUT2D eigenvalue weighted by atomic mass is 16.5. The lowest BCUT2D eigenvalue weighted by Crippen LogP contribution is -2.40. The minimum atomic E-state index is 0.559. The monoisotopic (exact) mass is 240 g/mol. The van der Waals surface area contributed by atoms with Gasteiger partial charge in [0.1, 0.15) is 0 Å². The Kier molecular flexibility index (Phi) is 5.75. The maximum atomic E-state index is 5.70. The molecule has 0 spiro atoms. The van der Waals surface area contributed by atoms with Crippen LogP contribution in [0.5, 0.6) is 0 Å². The molecule has 0 aromatic carbocycles. The molecule has 17 heavy (non-hydrogen) atoms. The lowest BCUT2D eigenvalue weighted by molar-refractivity contribution is 0.0831. The molecule has 2 aliphatic rings. The van der Waals surface area contributed by atoms with Gasteiger partial charge in [0.25, 0.3) is 0 Å². The smallest absolute Gasteiger partial charge is 0.0588 e. The Balaban J connectivity index is 1.62. The minimum Gasteiger partial charge on any atom is -0.378 e. The number of rotatable bonds is 6. The van der Waals surface area contributed by atoms with E-state index >= 15 is 0 Å². The normalized spacial score (nSPS) is 30.9. The fourth-order valence-electron chi connectivity index (χ4n) is 3.07. The summed E-state index contributed by atoms with van der Waals surface area (Å²) in [6, 6.07) is 0. The number of nitrogens with one attached hydrogen (secondary N) is 1. The van der Waals surface area contributed by atoms with E-state index in [1.165, 1.54) is 58.3 Å². The molecule has 0 aliphatic carbocycles. The summed E-state index contributed by atoms with van der Waals surface area (Å²) in [7, 11) is 0. The van der Waals surface area contributed by atoms with Gasteiger partial charge in [-0.1, -0.05) is 6.92 Å². The molecule has 2 heterocycles. The number of ether oxygens (including phenoxy) is 1. The topological polar surface area (TPSA) is 24.5 Å². The molecule has 0 bridgehead atoms. The van der Waals surface area contributed by atoms with Gasteiger partial charge in [-0.3, -0.25) is 0 Å². The van der Waals surface area contributed by atoms with Gasteiger partial charge in [0, 0.05) is 19.7 Å². The predicted molar refractivity (Wildman–Crippen MR) is 71.3 cm³/mol. The molecule has 2 aliphatic heterocycles. The average molecular weight is 240 g/mol. The molecule has 2 rings (SSSR count). The second-order valence-corrected chi connectivity index (χ2v) is 5.54. The highest BCUT2D eigenvalue weighted by Gasteiger charge is 2.21. The van der Waals surface area contributed by atoms with E-state index in [1.54, 1.807) is 0 Å². The van der Waals surface area contributed by atoms with E-state index in [2.05, 4.69) is 17.1 Å². The molecule has 2 unspecified atom stereocenters. The Morgan fingerprint density at radius 2 is 2.24 bits per heavy atom. The van der Waals surface area contributed by atoms with Gasteiger partial charge in [-0.2, -0.15) is 0 Å². The van der Waals surface area contributed by atoms with E-state index in [-0.39, 0.29) is 0 Å². The first-order valence-electron chi connectivity index (χ1n) is 7.43. The Labute approximate surface area is 106 Å². The summed E-state index contributed by atoms with van der Waals surface area (Å²) in [5.74, 6) is 0.869. The van der Waals surface area contributed by atoms with Crippen LogP contribution < -0.4 is 5.32 Å². The highest BCUT2D eigenvalue weighted by Crippen LogP contribution is 2.19. The fraction of sp³-hybridized carbons (Fsp3) is 1.00. The summed E-state index contributed by atoms with van der Waals surface area (Å²) in [4.78, 5) is 2.65. The summed E-state index contributed by atoms with van der Waals surface area (Å²) in [5.41, 5.74) is 0. The standard InChI is InChI=1S/C14H28N2O/c1-2-15-11-13-5-3-8-16(12-13)9-7-14-6-4-10-17-14/h13-15H,2-12H2,1H3. The molecule has 100 valence electrons. The zero-order valence-electron chi connectivity index (χ0n) is 11.3. The van der Waals surface area contributed by atoms with Gasteiger partial charge in [0.15, 0.2) is 0 Å². The predicted octanol–water partition coefficient (Wildman–Crippen LogP) is 1.88. The first-order chi connectivity index (χ1) is 8.38. The molecule has 0 aromatic heterocycles. The van der Waals surface area contributed by atoms with Crippen LogP contribution in [-0.4, -0.2) is 50.3 Å². The van der Waals surface area contributed by atoms with Crippen LogP contribution in [0.15, 0.2) is 0 Å².